The molecule has 1 unspecified atom stereocenters. The van der Waals surface area contributed by atoms with Crippen molar-refractivity contribution in [2.75, 3.05) is 32.9 Å². The quantitative estimate of drug-likeness (QED) is 0.618. The van der Waals surface area contributed by atoms with Crippen LogP contribution < -0.4 is 10.6 Å². The SMILES string of the molecule is CC(C)C[C@H](NC(=O)N1CCOCC1)C(=O)NC(C#N)COCc1ccccc1Cl. The number of carbonyl (C=O) groups is 2. The maximum absolute atomic E-state index is 12.8. The standard InChI is InChI=1S/C21H29ClN4O4/c1-15(2)11-19(25-21(28)26-7-9-29-10-8-26)20(27)24-17(12-23)14-30-13-16-5-3-4-6-18(16)22/h3-6,15,17,19H,7-11,13-14H2,1-2H3,(H,24,27)(H,25,28)/t17?,19-/m0/s1. The highest BCUT2D eigenvalue weighted by Crippen LogP contribution is 2.15. The van der Waals surface area contributed by atoms with Crippen LogP contribution in [0.25, 0.3) is 0 Å². The van der Waals surface area contributed by atoms with E-state index in [0.717, 1.165) is 5.56 Å². The second-order valence-electron chi connectivity index (χ2n) is 7.53. The summed E-state index contributed by atoms with van der Waals surface area (Å²) in [7, 11) is 0. The van der Waals surface area contributed by atoms with Crippen molar-refractivity contribution in [3.8, 4) is 6.07 Å². The summed E-state index contributed by atoms with van der Waals surface area (Å²) in [6.45, 7) is 6.11. The van der Waals surface area contributed by atoms with E-state index >= 15 is 0 Å². The van der Waals surface area contributed by atoms with Gasteiger partial charge in [-0.05, 0) is 24.0 Å². The van der Waals surface area contributed by atoms with E-state index in [0.29, 0.717) is 37.7 Å². The van der Waals surface area contributed by atoms with Crippen molar-refractivity contribution in [2.45, 2.75) is 39.0 Å². The van der Waals surface area contributed by atoms with Crippen LogP contribution in [-0.2, 0) is 20.9 Å². The second-order valence-corrected chi connectivity index (χ2v) is 7.94. The van der Waals surface area contributed by atoms with Gasteiger partial charge in [0, 0.05) is 18.1 Å². The number of nitrogens with one attached hydrogen (secondary N) is 2. The number of urea groups is 1. The summed E-state index contributed by atoms with van der Waals surface area (Å²) in [4.78, 5) is 26.9. The van der Waals surface area contributed by atoms with Gasteiger partial charge in [0.2, 0.25) is 5.91 Å². The molecule has 1 fully saturated rings. The van der Waals surface area contributed by atoms with Crippen LogP contribution in [0.3, 0.4) is 0 Å². The van der Waals surface area contributed by atoms with Gasteiger partial charge in [0.15, 0.2) is 0 Å². The van der Waals surface area contributed by atoms with E-state index in [2.05, 4.69) is 10.6 Å². The van der Waals surface area contributed by atoms with Crippen LogP contribution in [0.4, 0.5) is 4.79 Å². The third kappa shape index (κ3) is 7.82. The van der Waals surface area contributed by atoms with E-state index in [1.807, 2.05) is 38.1 Å². The first-order valence-electron chi connectivity index (χ1n) is 10.0. The third-order valence-corrected chi connectivity index (χ3v) is 4.96. The molecule has 0 aromatic heterocycles. The monoisotopic (exact) mass is 436 g/mol. The molecule has 164 valence electrons. The Hall–Kier alpha value is -2.34. The summed E-state index contributed by atoms with van der Waals surface area (Å²) in [6.07, 6.45) is 0.459. The fourth-order valence-electron chi connectivity index (χ4n) is 3.00. The molecule has 0 saturated carbocycles. The molecule has 3 amide bonds. The Bertz CT molecular complexity index is 747. The van der Waals surface area contributed by atoms with Crippen molar-refractivity contribution in [1.29, 1.82) is 5.26 Å². The molecular formula is C21H29ClN4O4. The van der Waals surface area contributed by atoms with Crippen molar-refractivity contribution >= 4 is 23.5 Å². The fourth-order valence-corrected chi connectivity index (χ4v) is 3.19. The van der Waals surface area contributed by atoms with Crippen molar-refractivity contribution in [3.05, 3.63) is 34.9 Å². The number of ether oxygens (including phenoxy) is 2. The first kappa shape index (κ1) is 23.9. The highest BCUT2D eigenvalue weighted by Gasteiger charge is 2.27. The van der Waals surface area contributed by atoms with Gasteiger partial charge in [0.25, 0.3) is 0 Å². The smallest absolute Gasteiger partial charge is 0.318 e. The minimum Gasteiger partial charge on any atom is -0.378 e. The van der Waals surface area contributed by atoms with E-state index in [1.54, 1.807) is 11.0 Å². The van der Waals surface area contributed by atoms with Crippen LogP contribution in [0.2, 0.25) is 5.02 Å². The second kappa shape index (κ2) is 12.4. The summed E-state index contributed by atoms with van der Waals surface area (Å²) in [5.74, 6) is -0.221. The van der Waals surface area contributed by atoms with Gasteiger partial charge in [-0.25, -0.2) is 4.79 Å². The molecule has 2 rings (SSSR count). The van der Waals surface area contributed by atoms with Gasteiger partial charge in [-0.15, -0.1) is 0 Å². The van der Waals surface area contributed by atoms with Crippen molar-refractivity contribution < 1.29 is 19.1 Å². The van der Waals surface area contributed by atoms with Gasteiger partial charge in [-0.1, -0.05) is 43.6 Å². The average Bonchev–Trinajstić information content (AvgIpc) is 2.74. The maximum Gasteiger partial charge on any atom is 0.318 e. The molecule has 9 heteroatoms. The lowest BCUT2D eigenvalue weighted by Crippen LogP contribution is -2.55. The van der Waals surface area contributed by atoms with E-state index in [9.17, 15) is 14.9 Å². The Balaban J connectivity index is 1.89. The van der Waals surface area contributed by atoms with Gasteiger partial charge in [0.05, 0.1) is 32.5 Å². The summed E-state index contributed by atoms with van der Waals surface area (Å²) < 4.78 is 10.8. The summed E-state index contributed by atoms with van der Waals surface area (Å²) >= 11 is 6.09. The molecule has 0 spiro atoms. The Morgan fingerprint density at radius 2 is 1.97 bits per heavy atom. The lowest BCUT2D eigenvalue weighted by molar-refractivity contribution is -0.124. The first-order valence-corrected chi connectivity index (χ1v) is 10.4. The zero-order valence-corrected chi connectivity index (χ0v) is 18.2. The minimum absolute atomic E-state index is 0.0132. The Labute approximate surface area is 182 Å². The van der Waals surface area contributed by atoms with E-state index in [-0.39, 0.29) is 25.2 Å². The van der Waals surface area contributed by atoms with Crippen LogP contribution >= 0.6 is 11.6 Å². The van der Waals surface area contributed by atoms with E-state index < -0.39 is 18.0 Å². The van der Waals surface area contributed by atoms with Gasteiger partial charge >= 0.3 is 6.03 Å². The van der Waals surface area contributed by atoms with Gasteiger partial charge < -0.3 is 25.0 Å². The molecule has 1 saturated heterocycles. The number of morpholine rings is 1. The number of hydrogen-bond acceptors (Lipinski definition) is 5. The zero-order chi connectivity index (χ0) is 21.9. The summed E-state index contributed by atoms with van der Waals surface area (Å²) in [5.41, 5.74) is 0.803. The van der Waals surface area contributed by atoms with Crippen molar-refractivity contribution in [2.24, 2.45) is 5.92 Å². The third-order valence-electron chi connectivity index (χ3n) is 4.59. The number of hydrogen-bond donors (Lipinski definition) is 2. The summed E-state index contributed by atoms with van der Waals surface area (Å²) in [5, 5.41) is 15.4. The van der Waals surface area contributed by atoms with Gasteiger partial charge in [0.1, 0.15) is 12.1 Å². The molecule has 1 aliphatic rings. The largest absolute Gasteiger partial charge is 0.378 e. The number of nitrogens with zero attached hydrogens (tertiary/aromatic N) is 2. The highest BCUT2D eigenvalue weighted by molar-refractivity contribution is 6.31. The summed E-state index contributed by atoms with van der Waals surface area (Å²) in [6, 6.07) is 7.42. The number of nitriles is 1. The van der Waals surface area contributed by atoms with E-state index in [1.165, 1.54) is 0 Å². The van der Waals surface area contributed by atoms with E-state index in [4.69, 9.17) is 21.1 Å². The average molecular weight is 437 g/mol. The van der Waals surface area contributed by atoms with Crippen LogP contribution in [0.1, 0.15) is 25.8 Å². The molecular weight excluding hydrogens is 408 g/mol. The molecule has 30 heavy (non-hydrogen) atoms. The van der Waals surface area contributed by atoms with Crippen LogP contribution in [0, 0.1) is 17.2 Å². The molecule has 1 aliphatic heterocycles. The number of halogens is 1. The van der Waals surface area contributed by atoms with Crippen LogP contribution in [0.5, 0.6) is 0 Å². The van der Waals surface area contributed by atoms with Crippen molar-refractivity contribution in [3.63, 3.8) is 0 Å². The lowest BCUT2D eigenvalue weighted by atomic mass is 10.0. The van der Waals surface area contributed by atoms with Crippen molar-refractivity contribution in [1.82, 2.24) is 15.5 Å². The van der Waals surface area contributed by atoms with Gasteiger partial charge in [-0.3, -0.25) is 4.79 Å². The molecule has 1 aromatic rings. The molecule has 8 nitrogen and oxygen atoms in total. The Morgan fingerprint density at radius 1 is 1.27 bits per heavy atom. The number of benzene rings is 1. The molecule has 2 atom stereocenters. The minimum atomic E-state index is -0.838. The topological polar surface area (TPSA) is 104 Å². The zero-order valence-electron chi connectivity index (χ0n) is 17.4. The lowest BCUT2D eigenvalue weighted by Gasteiger charge is -2.29. The normalized spacial score (nSPS) is 15.9. The number of carbonyl (C=O) groups excluding carboxylic acids is 2. The molecule has 1 aromatic carbocycles. The Kier molecular flexibility index (Phi) is 9.87. The molecule has 0 bridgehead atoms. The molecule has 0 aliphatic carbocycles. The predicted molar refractivity (Wildman–Crippen MR) is 113 cm³/mol. The molecule has 1 heterocycles. The van der Waals surface area contributed by atoms with Crippen LogP contribution in [-0.4, -0.2) is 61.8 Å². The maximum atomic E-state index is 12.8. The fraction of sp³-hybridized carbons (Fsp3) is 0.571. The number of amides is 3. The number of rotatable bonds is 9. The molecule has 2 N–H and O–H groups in total. The van der Waals surface area contributed by atoms with Crippen LogP contribution in [0.15, 0.2) is 24.3 Å². The molecule has 0 radical (unpaired) electrons. The predicted octanol–water partition coefficient (Wildman–Crippen LogP) is 2.32. The first-order chi connectivity index (χ1) is 14.4. The van der Waals surface area contributed by atoms with Gasteiger partial charge in [-0.2, -0.15) is 5.26 Å². The highest BCUT2D eigenvalue weighted by atomic mass is 35.5. The Morgan fingerprint density at radius 3 is 2.60 bits per heavy atom.